The van der Waals surface area contributed by atoms with Crippen LogP contribution in [0.25, 0.3) is 33.5 Å². The fourth-order valence-corrected chi connectivity index (χ4v) is 4.81. The third-order valence-electron chi connectivity index (χ3n) is 6.53. The van der Waals surface area contributed by atoms with Crippen molar-refractivity contribution in [3.8, 4) is 23.1 Å². The Morgan fingerprint density at radius 2 is 1.82 bits per heavy atom. The van der Waals surface area contributed by atoms with E-state index in [0.29, 0.717) is 40.1 Å². The number of para-hydroxylation sites is 2. The first-order valence-electron chi connectivity index (χ1n) is 13.6. The van der Waals surface area contributed by atoms with E-state index >= 15 is 0 Å². The molecule has 2 heterocycles. The van der Waals surface area contributed by atoms with Crippen LogP contribution in [0.3, 0.4) is 0 Å². The number of nitrogens with one attached hydrogen (secondary N) is 1. The van der Waals surface area contributed by atoms with Crippen molar-refractivity contribution in [3.05, 3.63) is 118 Å². The van der Waals surface area contributed by atoms with E-state index in [-0.39, 0.29) is 34.5 Å². The van der Waals surface area contributed by atoms with Crippen molar-refractivity contribution in [2.24, 2.45) is 5.10 Å². The Bertz CT molecular complexity index is 2060. The summed E-state index contributed by atoms with van der Waals surface area (Å²) in [5.41, 5.74) is 1.69. The average molecular weight is 611 g/mol. The molecule has 0 saturated heterocycles. The second-order valence-electron chi connectivity index (χ2n) is 9.57. The highest BCUT2D eigenvalue weighted by Gasteiger charge is 2.18. The fraction of sp³-hybridized carbons (Fsp3) is 0.0909. The number of ether oxygens (including phenoxy) is 2. The van der Waals surface area contributed by atoms with Crippen molar-refractivity contribution in [2.45, 2.75) is 6.92 Å². The molecule has 1 N–H and O–H groups in total. The van der Waals surface area contributed by atoms with Gasteiger partial charge < -0.3 is 19.2 Å². The molecule has 0 aliphatic rings. The molecule has 0 unspecified atom stereocenters. The normalized spacial score (nSPS) is 11.3. The highest BCUT2D eigenvalue weighted by Crippen LogP contribution is 2.36. The lowest BCUT2D eigenvalue weighted by molar-refractivity contribution is -0.118. The number of halogens is 2. The predicted molar refractivity (Wildman–Crippen MR) is 167 cm³/mol. The van der Waals surface area contributed by atoms with Gasteiger partial charge >= 0.3 is 0 Å². The van der Waals surface area contributed by atoms with Gasteiger partial charge in [-0.3, -0.25) is 9.59 Å². The van der Waals surface area contributed by atoms with E-state index < -0.39 is 11.7 Å². The Morgan fingerprint density at radius 3 is 2.61 bits per heavy atom. The molecule has 0 fully saturated rings. The summed E-state index contributed by atoms with van der Waals surface area (Å²) in [4.78, 5) is 30.7. The lowest BCUT2D eigenvalue weighted by atomic mass is 10.2. The molecule has 44 heavy (non-hydrogen) atoms. The van der Waals surface area contributed by atoms with E-state index in [4.69, 9.17) is 30.5 Å². The molecule has 6 rings (SSSR count). The first-order chi connectivity index (χ1) is 21.4. The summed E-state index contributed by atoms with van der Waals surface area (Å²) in [5, 5.41) is 8.51. The number of fused-ring (bicyclic) bond motifs is 2. The Morgan fingerprint density at radius 1 is 1.05 bits per heavy atom. The number of hydrogen-bond acceptors (Lipinski definition) is 7. The van der Waals surface area contributed by atoms with Gasteiger partial charge in [0.15, 0.2) is 23.9 Å². The molecule has 0 spiro atoms. The maximum absolute atomic E-state index is 13.6. The van der Waals surface area contributed by atoms with Crippen molar-refractivity contribution < 1.29 is 23.1 Å². The van der Waals surface area contributed by atoms with E-state index in [2.05, 4.69) is 10.4 Å². The molecular formula is C33H24ClFN4O5. The SMILES string of the molecule is CCOc1cc(C=Nn2c(-c3cc4ccccc4o3)nc3ccccc3c2=O)cc(Cl)c1OCC(=O)Nc1ccc(F)cc1. The molecule has 0 saturated carbocycles. The molecule has 2 aromatic heterocycles. The molecule has 0 atom stereocenters. The van der Waals surface area contributed by atoms with Gasteiger partial charge in [-0.25, -0.2) is 9.37 Å². The third kappa shape index (κ3) is 6.02. The van der Waals surface area contributed by atoms with Gasteiger partial charge in [-0.05, 0) is 73.2 Å². The van der Waals surface area contributed by atoms with Gasteiger partial charge in [-0.1, -0.05) is 41.9 Å². The van der Waals surface area contributed by atoms with Crippen LogP contribution in [-0.2, 0) is 4.79 Å². The van der Waals surface area contributed by atoms with E-state index in [0.717, 1.165) is 5.39 Å². The first-order valence-corrected chi connectivity index (χ1v) is 14.0. The fourth-order valence-electron chi connectivity index (χ4n) is 4.54. The highest BCUT2D eigenvalue weighted by molar-refractivity contribution is 6.32. The zero-order valence-electron chi connectivity index (χ0n) is 23.3. The quantitative estimate of drug-likeness (QED) is 0.178. The molecular weight excluding hydrogens is 587 g/mol. The van der Waals surface area contributed by atoms with Gasteiger partial charge in [0.25, 0.3) is 11.5 Å². The minimum atomic E-state index is -0.470. The minimum Gasteiger partial charge on any atom is -0.490 e. The van der Waals surface area contributed by atoms with E-state index in [9.17, 15) is 14.0 Å². The highest BCUT2D eigenvalue weighted by atomic mass is 35.5. The summed E-state index contributed by atoms with van der Waals surface area (Å²) in [5.74, 6) is 0.154. The number of aromatic nitrogens is 2. The van der Waals surface area contributed by atoms with Crippen LogP contribution in [0.4, 0.5) is 10.1 Å². The second-order valence-corrected chi connectivity index (χ2v) is 9.98. The molecule has 6 aromatic rings. The van der Waals surface area contributed by atoms with Gasteiger partial charge in [0.1, 0.15) is 11.4 Å². The molecule has 11 heteroatoms. The number of furan rings is 1. The molecule has 0 bridgehead atoms. The van der Waals surface area contributed by atoms with Crippen LogP contribution >= 0.6 is 11.6 Å². The molecule has 220 valence electrons. The first kappa shape index (κ1) is 28.6. The molecule has 1 amide bonds. The minimum absolute atomic E-state index is 0.160. The Balaban J connectivity index is 1.32. The Hall–Kier alpha value is -5.48. The molecule has 9 nitrogen and oxygen atoms in total. The number of nitrogens with zero attached hydrogens (tertiary/aromatic N) is 3. The van der Waals surface area contributed by atoms with Crippen LogP contribution in [0, 0.1) is 5.82 Å². The second kappa shape index (κ2) is 12.4. The van der Waals surface area contributed by atoms with E-state index in [1.807, 2.05) is 24.3 Å². The molecule has 0 aliphatic heterocycles. The third-order valence-corrected chi connectivity index (χ3v) is 6.81. The van der Waals surface area contributed by atoms with Crippen LogP contribution in [0.2, 0.25) is 5.02 Å². The summed E-state index contributed by atoms with van der Waals surface area (Å²) >= 11 is 6.56. The summed E-state index contributed by atoms with van der Waals surface area (Å²) in [7, 11) is 0. The van der Waals surface area contributed by atoms with E-state index in [1.165, 1.54) is 35.2 Å². The Kier molecular flexibility index (Phi) is 8.07. The largest absolute Gasteiger partial charge is 0.490 e. The lowest BCUT2D eigenvalue weighted by Gasteiger charge is -2.14. The summed E-state index contributed by atoms with van der Waals surface area (Å²) in [6.45, 7) is 1.71. The number of amides is 1. The number of carbonyl (C=O) groups excluding carboxylic acids is 1. The molecule has 0 aliphatic carbocycles. The summed E-state index contributed by atoms with van der Waals surface area (Å²) in [6, 6.07) is 24.9. The number of benzene rings is 4. The van der Waals surface area contributed by atoms with Crippen molar-refractivity contribution >= 4 is 51.3 Å². The molecule has 4 aromatic carbocycles. The smallest absolute Gasteiger partial charge is 0.282 e. The lowest BCUT2D eigenvalue weighted by Crippen LogP contribution is -2.20. The van der Waals surface area contributed by atoms with Crippen LogP contribution < -0.4 is 20.3 Å². The van der Waals surface area contributed by atoms with Crippen LogP contribution in [0.15, 0.2) is 105 Å². The van der Waals surface area contributed by atoms with Crippen LogP contribution in [-0.4, -0.2) is 35.0 Å². The number of rotatable bonds is 9. The van der Waals surface area contributed by atoms with Crippen LogP contribution in [0.1, 0.15) is 12.5 Å². The van der Waals surface area contributed by atoms with Gasteiger partial charge in [-0.15, -0.1) is 0 Å². The Labute approximate surface area is 255 Å². The van der Waals surface area contributed by atoms with Gasteiger partial charge in [-0.2, -0.15) is 9.78 Å². The summed E-state index contributed by atoms with van der Waals surface area (Å²) < 4.78 is 31.8. The standard InChI is InChI=1S/C33H24ClFN4O5/c1-2-42-28-16-20(15-25(34)31(28)43-19-30(40)37-23-13-11-22(35)12-14-23)18-36-39-32(29-17-21-7-3-6-10-27(21)44-29)38-26-9-5-4-8-24(26)33(39)41/h3-18H,2,19H2,1H3,(H,37,40). The van der Waals surface area contributed by atoms with Crippen molar-refractivity contribution in [1.82, 2.24) is 9.66 Å². The van der Waals surface area contributed by atoms with Crippen molar-refractivity contribution in [1.29, 1.82) is 0 Å². The van der Waals surface area contributed by atoms with Crippen molar-refractivity contribution in [2.75, 3.05) is 18.5 Å². The van der Waals surface area contributed by atoms with Gasteiger partial charge in [0, 0.05) is 11.1 Å². The topological polar surface area (TPSA) is 108 Å². The number of carbonyl (C=O) groups is 1. The maximum Gasteiger partial charge on any atom is 0.282 e. The van der Waals surface area contributed by atoms with Gasteiger partial charge in [0.05, 0.1) is 28.7 Å². The number of hydrogen-bond donors (Lipinski definition) is 1. The van der Waals surface area contributed by atoms with Gasteiger partial charge in [0.2, 0.25) is 5.82 Å². The van der Waals surface area contributed by atoms with E-state index in [1.54, 1.807) is 49.4 Å². The molecule has 0 radical (unpaired) electrons. The summed E-state index contributed by atoms with van der Waals surface area (Å²) in [6.07, 6.45) is 1.45. The number of anilines is 1. The maximum atomic E-state index is 13.6. The van der Waals surface area contributed by atoms with Crippen LogP contribution in [0.5, 0.6) is 11.5 Å². The predicted octanol–water partition coefficient (Wildman–Crippen LogP) is 6.90. The van der Waals surface area contributed by atoms with Crippen molar-refractivity contribution in [3.63, 3.8) is 0 Å². The monoisotopic (exact) mass is 610 g/mol. The zero-order chi connectivity index (χ0) is 30.6. The zero-order valence-corrected chi connectivity index (χ0v) is 24.0. The average Bonchev–Trinajstić information content (AvgIpc) is 3.46.